The third-order valence-electron chi connectivity index (χ3n) is 3.14. The topological polar surface area (TPSA) is 75.4 Å². The van der Waals surface area contributed by atoms with Gasteiger partial charge in [0.05, 0.1) is 21.9 Å². The van der Waals surface area contributed by atoms with Gasteiger partial charge < -0.3 is 16.2 Å². The van der Waals surface area contributed by atoms with Crippen molar-refractivity contribution in [2.24, 2.45) is 0 Å². The highest BCUT2D eigenvalue weighted by Gasteiger charge is 2.34. The molecule has 1 amide bonds. The van der Waals surface area contributed by atoms with Crippen molar-refractivity contribution < 1.29 is 9.90 Å². The number of amides is 1. The van der Waals surface area contributed by atoms with Gasteiger partial charge in [-0.05, 0) is 31.4 Å². The van der Waals surface area contributed by atoms with Gasteiger partial charge >= 0.3 is 0 Å². The number of carbonyl (C=O) groups excluding carboxylic acids is 1. The minimum Gasteiger partial charge on any atom is -0.398 e. The van der Waals surface area contributed by atoms with Gasteiger partial charge in [-0.15, -0.1) is 0 Å². The van der Waals surface area contributed by atoms with E-state index >= 15 is 0 Å². The summed E-state index contributed by atoms with van der Waals surface area (Å²) >= 11 is 5.94. The number of carbonyl (C=O) groups is 1. The average Bonchev–Trinajstić information content (AvgIpc) is 2.27. The third-order valence-corrected chi connectivity index (χ3v) is 3.56. The number of hydrogen-bond acceptors (Lipinski definition) is 3. The van der Waals surface area contributed by atoms with E-state index in [1.54, 1.807) is 18.2 Å². The maximum absolute atomic E-state index is 11.8. The minimum absolute atomic E-state index is 0.255. The number of benzene rings is 1. The Labute approximate surface area is 105 Å². The Hall–Kier alpha value is -1.26. The Morgan fingerprint density at radius 1 is 1.53 bits per heavy atom. The lowest BCUT2D eigenvalue weighted by Gasteiger charge is -2.36. The fourth-order valence-corrected chi connectivity index (χ4v) is 2.04. The van der Waals surface area contributed by atoms with E-state index in [9.17, 15) is 9.90 Å². The molecule has 1 aromatic rings. The summed E-state index contributed by atoms with van der Waals surface area (Å²) in [6.07, 6.45) is 2.47. The van der Waals surface area contributed by atoms with Crippen LogP contribution in [-0.2, 0) is 0 Å². The standard InChI is InChI=1S/C12H15ClN2O2/c13-10-8(3-1-4-9(10)14)11(16)15-7-12(17)5-2-6-12/h1,3-4,17H,2,5-7,14H2,(H,15,16). The molecule has 4 N–H and O–H groups in total. The number of halogens is 1. The Morgan fingerprint density at radius 2 is 2.24 bits per heavy atom. The van der Waals surface area contributed by atoms with Crippen molar-refractivity contribution in [2.45, 2.75) is 24.9 Å². The smallest absolute Gasteiger partial charge is 0.252 e. The van der Waals surface area contributed by atoms with Crippen LogP contribution in [0.15, 0.2) is 18.2 Å². The van der Waals surface area contributed by atoms with Crippen LogP contribution in [0.1, 0.15) is 29.6 Å². The molecule has 17 heavy (non-hydrogen) atoms. The average molecular weight is 255 g/mol. The summed E-state index contributed by atoms with van der Waals surface area (Å²) in [6, 6.07) is 4.92. The molecule has 0 bridgehead atoms. The van der Waals surface area contributed by atoms with Gasteiger partial charge in [-0.3, -0.25) is 4.79 Å². The predicted octanol–water partition coefficient (Wildman–Crippen LogP) is 1.57. The first-order chi connectivity index (χ1) is 8.02. The molecule has 4 nitrogen and oxygen atoms in total. The van der Waals surface area contributed by atoms with Crippen LogP contribution in [0.2, 0.25) is 5.02 Å². The van der Waals surface area contributed by atoms with Gasteiger partial charge in [-0.25, -0.2) is 0 Å². The molecular formula is C12H15ClN2O2. The fraction of sp³-hybridized carbons (Fsp3) is 0.417. The largest absolute Gasteiger partial charge is 0.398 e. The van der Waals surface area contributed by atoms with E-state index in [1.165, 1.54) is 0 Å². The van der Waals surface area contributed by atoms with Crippen LogP contribution in [0, 0.1) is 0 Å². The summed E-state index contributed by atoms with van der Waals surface area (Å²) in [4.78, 5) is 11.8. The molecule has 2 rings (SSSR count). The van der Waals surface area contributed by atoms with Crippen LogP contribution in [0.5, 0.6) is 0 Å². The van der Waals surface area contributed by atoms with Crippen molar-refractivity contribution in [3.05, 3.63) is 28.8 Å². The zero-order valence-electron chi connectivity index (χ0n) is 9.37. The molecule has 1 saturated carbocycles. The minimum atomic E-state index is -0.734. The number of anilines is 1. The second-order valence-electron chi connectivity index (χ2n) is 4.47. The molecule has 0 saturated heterocycles. The van der Waals surface area contributed by atoms with Crippen molar-refractivity contribution in [3.63, 3.8) is 0 Å². The summed E-state index contributed by atoms with van der Waals surface area (Å²) < 4.78 is 0. The van der Waals surface area contributed by atoms with Gasteiger partial charge in [-0.2, -0.15) is 0 Å². The number of hydrogen-bond donors (Lipinski definition) is 3. The Bertz CT molecular complexity index is 444. The molecule has 0 atom stereocenters. The van der Waals surface area contributed by atoms with Crippen molar-refractivity contribution >= 4 is 23.2 Å². The second-order valence-corrected chi connectivity index (χ2v) is 4.85. The molecule has 92 valence electrons. The van der Waals surface area contributed by atoms with Gasteiger partial charge in [0, 0.05) is 6.54 Å². The summed E-state index contributed by atoms with van der Waals surface area (Å²) in [7, 11) is 0. The molecule has 1 aliphatic carbocycles. The van der Waals surface area contributed by atoms with Crippen LogP contribution in [-0.4, -0.2) is 23.2 Å². The molecule has 1 fully saturated rings. The van der Waals surface area contributed by atoms with Gasteiger partial charge in [-0.1, -0.05) is 17.7 Å². The third kappa shape index (κ3) is 2.53. The van der Waals surface area contributed by atoms with Crippen molar-refractivity contribution in [1.29, 1.82) is 0 Å². The number of nitrogen functional groups attached to an aromatic ring is 1. The lowest BCUT2D eigenvalue weighted by molar-refractivity contribution is -0.0300. The molecule has 1 aliphatic rings. The molecule has 0 spiro atoms. The molecule has 0 unspecified atom stereocenters. The quantitative estimate of drug-likeness (QED) is 0.717. The Balaban J connectivity index is 2.02. The first kappa shape index (κ1) is 12.2. The summed E-state index contributed by atoms with van der Waals surface area (Å²) in [5, 5.41) is 12.8. The van der Waals surface area contributed by atoms with Crippen LogP contribution in [0.3, 0.4) is 0 Å². The van der Waals surface area contributed by atoms with Gasteiger partial charge in [0.15, 0.2) is 0 Å². The Kier molecular flexibility index (Phi) is 3.26. The lowest BCUT2D eigenvalue weighted by atomic mass is 9.80. The van der Waals surface area contributed by atoms with Gasteiger partial charge in [0.2, 0.25) is 0 Å². The van der Waals surface area contributed by atoms with Crippen LogP contribution in [0.4, 0.5) is 5.69 Å². The van der Waals surface area contributed by atoms with Gasteiger partial charge in [0.25, 0.3) is 5.91 Å². The first-order valence-corrected chi connectivity index (χ1v) is 5.94. The number of nitrogens with one attached hydrogen (secondary N) is 1. The summed E-state index contributed by atoms with van der Waals surface area (Å²) in [5.41, 5.74) is 5.60. The second kappa shape index (κ2) is 4.55. The highest BCUT2D eigenvalue weighted by atomic mass is 35.5. The monoisotopic (exact) mass is 254 g/mol. The maximum atomic E-state index is 11.8. The van der Waals surface area contributed by atoms with E-state index in [0.717, 1.165) is 19.3 Å². The van der Waals surface area contributed by atoms with E-state index in [-0.39, 0.29) is 17.5 Å². The van der Waals surface area contributed by atoms with Crippen molar-refractivity contribution in [2.75, 3.05) is 12.3 Å². The SMILES string of the molecule is Nc1cccc(C(=O)NCC2(O)CCC2)c1Cl. The lowest BCUT2D eigenvalue weighted by Crippen LogP contribution is -2.47. The van der Waals surface area contributed by atoms with Crippen molar-refractivity contribution in [3.8, 4) is 0 Å². The Morgan fingerprint density at radius 3 is 2.82 bits per heavy atom. The zero-order valence-corrected chi connectivity index (χ0v) is 10.1. The normalized spacial score (nSPS) is 17.3. The van der Waals surface area contributed by atoms with E-state index < -0.39 is 5.60 Å². The van der Waals surface area contributed by atoms with Crippen LogP contribution >= 0.6 is 11.6 Å². The van der Waals surface area contributed by atoms with Crippen molar-refractivity contribution in [1.82, 2.24) is 5.32 Å². The van der Waals surface area contributed by atoms with Gasteiger partial charge in [0.1, 0.15) is 0 Å². The highest BCUT2D eigenvalue weighted by Crippen LogP contribution is 2.31. The number of rotatable bonds is 3. The van der Waals surface area contributed by atoms with E-state index in [2.05, 4.69) is 5.32 Å². The first-order valence-electron chi connectivity index (χ1n) is 5.56. The summed E-state index contributed by atoms with van der Waals surface area (Å²) in [6.45, 7) is 0.261. The zero-order chi connectivity index (χ0) is 12.5. The molecule has 0 heterocycles. The molecule has 0 radical (unpaired) electrons. The van der Waals surface area contributed by atoms with Crippen LogP contribution in [0.25, 0.3) is 0 Å². The van der Waals surface area contributed by atoms with E-state index in [1.807, 2.05) is 0 Å². The molecular weight excluding hydrogens is 240 g/mol. The molecule has 0 aromatic heterocycles. The highest BCUT2D eigenvalue weighted by molar-refractivity contribution is 6.36. The number of nitrogens with two attached hydrogens (primary N) is 1. The predicted molar refractivity (Wildman–Crippen MR) is 67.0 cm³/mol. The molecule has 0 aliphatic heterocycles. The maximum Gasteiger partial charge on any atom is 0.252 e. The molecule has 1 aromatic carbocycles. The summed E-state index contributed by atoms with van der Waals surface area (Å²) in [5.74, 6) is -0.303. The fourth-order valence-electron chi connectivity index (χ4n) is 1.83. The van der Waals surface area contributed by atoms with E-state index in [0.29, 0.717) is 11.3 Å². The van der Waals surface area contributed by atoms with Crippen LogP contribution < -0.4 is 11.1 Å². The molecule has 5 heteroatoms. The van der Waals surface area contributed by atoms with E-state index in [4.69, 9.17) is 17.3 Å². The number of aliphatic hydroxyl groups is 1.